The average Bonchev–Trinajstić information content (AvgIpc) is 2.95. The molecule has 2 aromatic rings. The third-order valence-electron chi connectivity index (χ3n) is 4.75. The number of sulfone groups is 1. The van der Waals surface area contributed by atoms with Crippen molar-refractivity contribution in [2.75, 3.05) is 47.3 Å². The fourth-order valence-electron chi connectivity index (χ4n) is 3.32. The van der Waals surface area contributed by atoms with Crippen LogP contribution in [0.1, 0.15) is 19.0 Å². The molecular weight excluding hydrogens is 362 g/mol. The topological polar surface area (TPSA) is 78.4 Å². The molecule has 2 heterocycles. The van der Waals surface area contributed by atoms with Crippen molar-refractivity contribution in [3.8, 4) is 0 Å². The van der Waals surface area contributed by atoms with E-state index in [1.165, 1.54) is 0 Å². The molecule has 1 aromatic carbocycles. The molecule has 7 nitrogen and oxygen atoms in total. The van der Waals surface area contributed by atoms with Crippen LogP contribution >= 0.6 is 0 Å². The number of nitrogens with one attached hydrogen (secondary N) is 1. The molecule has 1 aliphatic heterocycles. The van der Waals surface area contributed by atoms with E-state index >= 15 is 0 Å². The van der Waals surface area contributed by atoms with E-state index in [-0.39, 0.29) is 17.5 Å². The molecule has 27 heavy (non-hydrogen) atoms. The lowest BCUT2D eigenvalue weighted by Crippen LogP contribution is -2.37. The molecule has 0 saturated carbocycles. The minimum atomic E-state index is -2.96. The summed E-state index contributed by atoms with van der Waals surface area (Å²) in [7, 11) is 1.05. The van der Waals surface area contributed by atoms with Crippen LogP contribution in [0, 0.1) is 6.92 Å². The number of hydrogen-bond acceptors (Lipinski definition) is 7. The first kappa shape index (κ1) is 19.4. The van der Waals surface area contributed by atoms with Gasteiger partial charge in [-0.2, -0.15) is 4.98 Å². The van der Waals surface area contributed by atoms with Gasteiger partial charge < -0.3 is 15.1 Å². The first-order valence-corrected chi connectivity index (χ1v) is 11.0. The zero-order chi connectivity index (χ0) is 19.6. The molecule has 1 aliphatic rings. The van der Waals surface area contributed by atoms with Gasteiger partial charge in [0.1, 0.15) is 5.82 Å². The minimum absolute atomic E-state index is 0.0611. The zero-order valence-corrected chi connectivity index (χ0v) is 17.1. The third kappa shape index (κ3) is 4.68. The van der Waals surface area contributed by atoms with Crippen LogP contribution in [-0.4, -0.2) is 56.6 Å². The lowest BCUT2D eigenvalue weighted by molar-refractivity contribution is 0.599. The Balaban J connectivity index is 1.83. The molecule has 146 valence electrons. The van der Waals surface area contributed by atoms with Gasteiger partial charge in [-0.1, -0.05) is 0 Å². The van der Waals surface area contributed by atoms with Crippen LogP contribution in [0.5, 0.6) is 0 Å². The fourth-order valence-corrected chi connectivity index (χ4v) is 5.05. The molecule has 1 atom stereocenters. The van der Waals surface area contributed by atoms with E-state index < -0.39 is 9.84 Å². The van der Waals surface area contributed by atoms with Crippen molar-refractivity contribution in [3.05, 3.63) is 36.0 Å². The summed E-state index contributed by atoms with van der Waals surface area (Å²) in [5.74, 6) is 1.69. The number of aromatic nitrogens is 2. The molecule has 0 spiro atoms. The van der Waals surface area contributed by atoms with Gasteiger partial charge in [0.2, 0.25) is 5.95 Å². The number of rotatable bonds is 6. The summed E-state index contributed by atoms with van der Waals surface area (Å²) in [5, 5.41) is 3.32. The predicted octanol–water partition coefficient (Wildman–Crippen LogP) is 2.61. The highest BCUT2D eigenvalue weighted by atomic mass is 32.2. The quantitative estimate of drug-likeness (QED) is 0.813. The Hall–Kier alpha value is -2.35. The largest absolute Gasteiger partial charge is 0.378 e. The van der Waals surface area contributed by atoms with Gasteiger partial charge in [-0.25, -0.2) is 13.4 Å². The summed E-state index contributed by atoms with van der Waals surface area (Å²) in [5.41, 5.74) is 2.91. The number of nitrogens with zero attached hydrogens (tertiary/aromatic N) is 4. The molecule has 1 fully saturated rings. The van der Waals surface area contributed by atoms with E-state index in [1.54, 1.807) is 0 Å². The van der Waals surface area contributed by atoms with E-state index in [9.17, 15) is 8.42 Å². The molecule has 1 N–H and O–H groups in total. The monoisotopic (exact) mass is 389 g/mol. The average molecular weight is 390 g/mol. The second kappa shape index (κ2) is 7.72. The lowest BCUT2D eigenvalue weighted by atomic mass is 10.2. The van der Waals surface area contributed by atoms with Crippen LogP contribution in [0.3, 0.4) is 0 Å². The zero-order valence-electron chi connectivity index (χ0n) is 16.3. The highest BCUT2D eigenvalue weighted by Gasteiger charge is 2.33. The van der Waals surface area contributed by atoms with Gasteiger partial charge in [0.05, 0.1) is 11.5 Å². The Labute approximate surface area is 161 Å². The molecule has 3 rings (SSSR count). The van der Waals surface area contributed by atoms with Crippen LogP contribution in [0.4, 0.5) is 23.1 Å². The fraction of sp³-hybridized carbons (Fsp3) is 0.474. The Bertz CT molecular complexity index is 897. The standard InChI is InChI=1S/C19H27N5O2S/c1-5-24(17-10-11-27(25,26)13-17)19-20-14(2)12-18(22-19)21-15-6-8-16(9-7-15)23(3)4/h6-9,12,17H,5,10-11,13H2,1-4H3,(H,20,21,22). The van der Waals surface area contributed by atoms with Crippen LogP contribution < -0.4 is 15.1 Å². The normalized spacial score (nSPS) is 18.3. The van der Waals surface area contributed by atoms with Crippen LogP contribution in [0.25, 0.3) is 0 Å². The van der Waals surface area contributed by atoms with Gasteiger partial charge in [0, 0.05) is 49.8 Å². The van der Waals surface area contributed by atoms with E-state index in [0.29, 0.717) is 24.7 Å². The van der Waals surface area contributed by atoms with Crippen LogP contribution in [-0.2, 0) is 9.84 Å². The van der Waals surface area contributed by atoms with Gasteiger partial charge in [-0.3, -0.25) is 0 Å². The Morgan fingerprint density at radius 2 is 1.89 bits per heavy atom. The highest BCUT2D eigenvalue weighted by molar-refractivity contribution is 7.91. The second-order valence-corrected chi connectivity index (χ2v) is 9.33. The smallest absolute Gasteiger partial charge is 0.227 e. The second-order valence-electron chi connectivity index (χ2n) is 7.10. The molecule has 0 aliphatic carbocycles. The van der Waals surface area contributed by atoms with Gasteiger partial charge >= 0.3 is 0 Å². The molecule has 1 unspecified atom stereocenters. The summed E-state index contributed by atoms with van der Waals surface area (Å²) in [4.78, 5) is 13.2. The summed E-state index contributed by atoms with van der Waals surface area (Å²) in [6.07, 6.45) is 0.627. The third-order valence-corrected chi connectivity index (χ3v) is 6.50. The van der Waals surface area contributed by atoms with Crippen molar-refractivity contribution in [1.82, 2.24) is 9.97 Å². The predicted molar refractivity (Wildman–Crippen MR) is 111 cm³/mol. The number of hydrogen-bond donors (Lipinski definition) is 1. The summed E-state index contributed by atoms with van der Waals surface area (Å²) in [6.45, 7) is 4.59. The highest BCUT2D eigenvalue weighted by Crippen LogP contribution is 2.25. The van der Waals surface area contributed by atoms with Crippen molar-refractivity contribution >= 4 is 33.0 Å². The van der Waals surface area contributed by atoms with E-state index in [2.05, 4.69) is 15.3 Å². The molecule has 1 saturated heterocycles. The molecule has 0 bridgehead atoms. The maximum Gasteiger partial charge on any atom is 0.227 e. The van der Waals surface area contributed by atoms with E-state index in [4.69, 9.17) is 0 Å². The van der Waals surface area contributed by atoms with E-state index in [0.717, 1.165) is 17.1 Å². The Morgan fingerprint density at radius 1 is 1.19 bits per heavy atom. The number of anilines is 4. The minimum Gasteiger partial charge on any atom is -0.378 e. The Morgan fingerprint density at radius 3 is 2.44 bits per heavy atom. The van der Waals surface area contributed by atoms with Crippen LogP contribution in [0.15, 0.2) is 30.3 Å². The summed E-state index contributed by atoms with van der Waals surface area (Å²) in [6, 6.07) is 9.93. The van der Waals surface area contributed by atoms with Crippen molar-refractivity contribution in [2.24, 2.45) is 0 Å². The van der Waals surface area contributed by atoms with Gasteiger partial charge in [-0.05, 0) is 44.5 Å². The summed E-state index contributed by atoms with van der Waals surface area (Å²) < 4.78 is 23.7. The molecule has 0 radical (unpaired) electrons. The number of aryl methyl sites for hydroxylation is 1. The van der Waals surface area contributed by atoms with E-state index in [1.807, 2.05) is 68.1 Å². The maximum absolute atomic E-state index is 11.9. The van der Waals surface area contributed by atoms with Crippen molar-refractivity contribution in [2.45, 2.75) is 26.3 Å². The van der Waals surface area contributed by atoms with Gasteiger partial charge in [-0.15, -0.1) is 0 Å². The molecule has 8 heteroatoms. The van der Waals surface area contributed by atoms with Gasteiger partial charge in [0.15, 0.2) is 9.84 Å². The van der Waals surface area contributed by atoms with Crippen molar-refractivity contribution in [1.29, 1.82) is 0 Å². The number of benzene rings is 1. The van der Waals surface area contributed by atoms with Crippen LogP contribution in [0.2, 0.25) is 0 Å². The van der Waals surface area contributed by atoms with Crippen molar-refractivity contribution < 1.29 is 8.42 Å². The van der Waals surface area contributed by atoms with Gasteiger partial charge in [0.25, 0.3) is 0 Å². The summed E-state index contributed by atoms with van der Waals surface area (Å²) >= 11 is 0. The maximum atomic E-state index is 11.9. The molecular formula is C19H27N5O2S. The van der Waals surface area contributed by atoms with Crippen molar-refractivity contribution in [3.63, 3.8) is 0 Å². The molecule has 1 aromatic heterocycles. The SMILES string of the molecule is CCN(c1nc(C)cc(Nc2ccc(N(C)C)cc2)n1)C1CCS(=O)(=O)C1. The lowest BCUT2D eigenvalue weighted by Gasteiger charge is -2.27. The first-order valence-electron chi connectivity index (χ1n) is 9.14. The molecule has 0 amide bonds. The first-order chi connectivity index (χ1) is 12.8. The Kier molecular flexibility index (Phi) is 5.55.